The molecule has 2 aromatic heterocycles. The fourth-order valence-corrected chi connectivity index (χ4v) is 3.46. The molecule has 6 nitrogen and oxygen atoms in total. The van der Waals surface area contributed by atoms with Gasteiger partial charge in [0.15, 0.2) is 11.0 Å². The molecule has 0 amide bonds. The maximum atomic E-state index is 9.20. The van der Waals surface area contributed by atoms with E-state index in [9.17, 15) is 5.26 Å². The van der Waals surface area contributed by atoms with E-state index in [0.29, 0.717) is 28.0 Å². The maximum Gasteiger partial charge on any atom is 0.191 e. The van der Waals surface area contributed by atoms with Gasteiger partial charge in [-0.3, -0.25) is 0 Å². The molecule has 2 heterocycles. The lowest BCUT2D eigenvalue weighted by Crippen LogP contribution is -1.97. The third-order valence-electron chi connectivity index (χ3n) is 3.46. The second kappa shape index (κ2) is 6.91. The summed E-state index contributed by atoms with van der Waals surface area (Å²) >= 11 is 7.67. The van der Waals surface area contributed by atoms with E-state index in [0.717, 1.165) is 16.3 Å². The molecule has 8 heteroatoms. The van der Waals surface area contributed by atoms with Crippen molar-refractivity contribution in [2.75, 3.05) is 5.73 Å². The maximum absolute atomic E-state index is 9.20. The first kappa shape index (κ1) is 16.3. The minimum absolute atomic E-state index is 0.457. The van der Waals surface area contributed by atoms with Crippen molar-refractivity contribution in [2.24, 2.45) is 7.05 Å². The average Bonchev–Trinajstić information content (AvgIpc) is 2.95. The number of aromatic nitrogens is 4. The van der Waals surface area contributed by atoms with E-state index in [2.05, 4.69) is 21.3 Å². The van der Waals surface area contributed by atoms with Gasteiger partial charge in [0.05, 0.1) is 11.6 Å². The molecule has 0 unspecified atom stereocenters. The van der Waals surface area contributed by atoms with Crippen LogP contribution in [0, 0.1) is 11.3 Å². The molecule has 0 fully saturated rings. The Morgan fingerprint density at radius 2 is 2.12 bits per heavy atom. The van der Waals surface area contributed by atoms with Crippen molar-refractivity contribution in [3.63, 3.8) is 0 Å². The average molecular weight is 357 g/mol. The lowest BCUT2D eigenvalue weighted by atomic mass is 10.1. The van der Waals surface area contributed by atoms with Crippen molar-refractivity contribution in [1.82, 2.24) is 19.7 Å². The van der Waals surface area contributed by atoms with Crippen molar-refractivity contribution < 1.29 is 0 Å². The highest BCUT2D eigenvalue weighted by atomic mass is 35.5. The molecule has 2 N–H and O–H groups in total. The Morgan fingerprint density at radius 3 is 2.83 bits per heavy atom. The molecule has 3 rings (SSSR count). The molecular formula is C16H13ClN6S. The minimum atomic E-state index is 0.457. The number of hydrogen-bond donors (Lipinski definition) is 1. The smallest absolute Gasteiger partial charge is 0.191 e. The monoisotopic (exact) mass is 356 g/mol. The molecule has 0 aliphatic rings. The van der Waals surface area contributed by atoms with Gasteiger partial charge in [0.25, 0.3) is 0 Å². The quantitative estimate of drug-likeness (QED) is 0.721. The number of anilines is 1. The highest BCUT2D eigenvalue weighted by Gasteiger charge is 2.14. The van der Waals surface area contributed by atoms with E-state index < -0.39 is 0 Å². The molecule has 0 saturated carbocycles. The number of rotatable bonds is 4. The lowest BCUT2D eigenvalue weighted by Gasteiger charge is -2.07. The summed E-state index contributed by atoms with van der Waals surface area (Å²) in [5, 5.41) is 18.9. The number of thioether (sulfide) groups is 1. The van der Waals surface area contributed by atoms with Crippen LogP contribution in [0.15, 0.2) is 41.7 Å². The first-order chi connectivity index (χ1) is 11.6. The normalized spacial score (nSPS) is 10.5. The van der Waals surface area contributed by atoms with Crippen molar-refractivity contribution >= 4 is 29.2 Å². The van der Waals surface area contributed by atoms with Crippen molar-refractivity contribution in [3.05, 3.63) is 52.7 Å². The Labute approximate surface area is 148 Å². The summed E-state index contributed by atoms with van der Waals surface area (Å²) in [7, 11) is 1.88. The van der Waals surface area contributed by atoms with E-state index in [1.807, 2.05) is 17.7 Å². The summed E-state index contributed by atoms with van der Waals surface area (Å²) in [5.74, 6) is 1.69. The zero-order chi connectivity index (χ0) is 17.1. The zero-order valence-electron chi connectivity index (χ0n) is 12.8. The Morgan fingerprint density at radius 1 is 1.29 bits per heavy atom. The van der Waals surface area contributed by atoms with Gasteiger partial charge >= 0.3 is 0 Å². The molecular weight excluding hydrogens is 344 g/mol. The lowest BCUT2D eigenvalue weighted by molar-refractivity contribution is 0.793. The van der Waals surface area contributed by atoms with Crippen LogP contribution < -0.4 is 5.73 Å². The summed E-state index contributed by atoms with van der Waals surface area (Å²) < 4.78 is 1.88. The van der Waals surface area contributed by atoms with Crippen molar-refractivity contribution in [3.8, 4) is 17.5 Å². The second-order valence-corrected chi connectivity index (χ2v) is 6.35. The van der Waals surface area contributed by atoms with E-state index in [1.54, 1.807) is 30.5 Å². The molecule has 1 aromatic carbocycles. The van der Waals surface area contributed by atoms with Crippen LogP contribution in [0.2, 0.25) is 5.02 Å². The summed E-state index contributed by atoms with van der Waals surface area (Å²) in [6, 6.07) is 11.0. The summed E-state index contributed by atoms with van der Waals surface area (Å²) in [5.41, 5.74) is 7.81. The van der Waals surface area contributed by atoms with Gasteiger partial charge < -0.3 is 10.3 Å². The van der Waals surface area contributed by atoms with E-state index in [4.69, 9.17) is 17.3 Å². The highest BCUT2D eigenvalue weighted by Crippen LogP contribution is 2.29. The highest BCUT2D eigenvalue weighted by molar-refractivity contribution is 7.98. The molecule has 3 aromatic rings. The minimum Gasteiger partial charge on any atom is -0.384 e. The topological polar surface area (TPSA) is 93.4 Å². The fraction of sp³-hybridized carbons (Fsp3) is 0.125. The summed E-state index contributed by atoms with van der Waals surface area (Å²) in [6.07, 6.45) is 1.66. The number of nitrogen functional groups attached to an aromatic ring is 1. The van der Waals surface area contributed by atoms with Crippen LogP contribution >= 0.6 is 23.4 Å². The number of nitrogens with zero attached hydrogens (tertiary/aromatic N) is 5. The van der Waals surface area contributed by atoms with Crippen molar-refractivity contribution in [1.29, 1.82) is 5.26 Å². The van der Waals surface area contributed by atoms with E-state index >= 15 is 0 Å². The van der Waals surface area contributed by atoms with E-state index in [1.165, 1.54) is 11.8 Å². The summed E-state index contributed by atoms with van der Waals surface area (Å²) in [4.78, 5) is 4.07. The first-order valence-electron chi connectivity index (χ1n) is 7.01. The first-order valence-corrected chi connectivity index (χ1v) is 8.38. The Bertz CT molecular complexity index is 913. The Balaban J connectivity index is 1.83. The molecule has 0 bridgehead atoms. The Hall–Kier alpha value is -2.56. The fourth-order valence-electron chi connectivity index (χ4n) is 2.18. The number of benzene rings is 1. The van der Waals surface area contributed by atoms with Gasteiger partial charge in [0.2, 0.25) is 0 Å². The third-order valence-corrected chi connectivity index (χ3v) is 4.87. The number of nitriles is 1. The number of hydrogen-bond acceptors (Lipinski definition) is 6. The van der Waals surface area contributed by atoms with Crippen LogP contribution in [-0.4, -0.2) is 19.7 Å². The van der Waals surface area contributed by atoms with E-state index in [-0.39, 0.29) is 0 Å². The molecule has 0 spiro atoms. The third kappa shape index (κ3) is 3.20. The van der Waals surface area contributed by atoms with Crippen LogP contribution in [0.5, 0.6) is 0 Å². The molecule has 0 aliphatic carbocycles. The summed E-state index contributed by atoms with van der Waals surface area (Å²) in [6.45, 7) is 0. The van der Waals surface area contributed by atoms with Gasteiger partial charge in [0.1, 0.15) is 5.82 Å². The van der Waals surface area contributed by atoms with Gasteiger partial charge in [-0.25, -0.2) is 4.98 Å². The van der Waals surface area contributed by atoms with Crippen molar-refractivity contribution in [2.45, 2.75) is 10.9 Å². The largest absolute Gasteiger partial charge is 0.384 e. The molecule has 0 radical (unpaired) electrons. The predicted octanol–water partition coefficient (Wildman–Crippen LogP) is 3.28. The number of pyridine rings is 1. The van der Waals surface area contributed by atoms with Crippen LogP contribution in [0.4, 0.5) is 5.82 Å². The molecule has 120 valence electrons. The number of nitrogens with two attached hydrogens (primary N) is 1. The SMILES string of the molecule is Cn1c(SCc2c(Cl)cccc2C#N)nnc1-c1ccc(N)nc1. The number of halogens is 1. The van der Waals surface area contributed by atoms with Crippen LogP contribution in [0.25, 0.3) is 11.4 Å². The van der Waals surface area contributed by atoms with Gasteiger partial charge in [-0.1, -0.05) is 29.4 Å². The van der Waals surface area contributed by atoms with Gasteiger partial charge in [-0.2, -0.15) is 5.26 Å². The van der Waals surface area contributed by atoms with Gasteiger partial charge in [0, 0.05) is 29.6 Å². The molecule has 0 saturated heterocycles. The predicted molar refractivity (Wildman–Crippen MR) is 94.4 cm³/mol. The van der Waals surface area contributed by atoms with Gasteiger partial charge in [-0.15, -0.1) is 10.2 Å². The molecule has 0 aliphatic heterocycles. The standard InChI is InChI=1S/C16H13ClN6S/c1-23-15(11-5-6-14(19)20-8-11)21-22-16(23)24-9-12-10(7-18)3-2-4-13(12)17/h2-6,8H,9H2,1H3,(H2,19,20). The van der Waals surface area contributed by atoms with Crippen LogP contribution in [0.1, 0.15) is 11.1 Å². The van der Waals surface area contributed by atoms with Crippen LogP contribution in [-0.2, 0) is 12.8 Å². The van der Waals surface area contributed by atoms with Crippen LogP contribution in [0.3, 0.4) is 0 Å². The Kier molecular flexibility index (Phi) is 4.69. The molecule has 0 atom stereocenters. The second-order valence-electron chi connectivity index (χ2n) is 5.00. The zero-order valence-corrected chi connectivity index (χ0v) is 14.3. The molecule has 24 heavy (non-hydrogen) atoms. The van der Waals surface area contributed by atoms with Gasteiger partial charge in [-0.05, 0) is 29.8 Å².